The van der Waals surface area contributed by atoms with Gasteiger partial charge in [-0.1, -0.05) is 193 Å². The van der Waals surface area contributed by atoms with E-state index >= 15 is 0 Å². The molecule has 0 N–H and O–H groups in total. The first-order valence-electron chi connectivity index (χ1n) is 20.6. The van der Waals surface area contributed by atoms with Crippen LogP contribution in [0.3, 0.4) is 0 Å². The molecule has 0 nitrogen and oxygen atoms in total. The van der Waals surface area contributed by atoms with Gasteiger partial charge in [0.1, 0.15) is 0 Å². The molecule has 0 aliphatic rings. The minimum absolute atomic E-state index is 0. The third-order valence-corrected chi connectivity index (χ3v) is 11.2. The molecule has 0 amide bonds. The molecule has 0 fully saturated rings. The van der Waals surface area contributed by atoms with Gasteiger partial charge in [-0.15, -0.1) is 68.6 Å². The molecule has 0 aliphatic heterocycles. The van der Waals surface area contributed by atoms with Crippen LogP contribution in [0.5, 0.6) is 0 Å². The third-order valence-electron chi connectivity index (χ3n) is 11.2. The standard InChI is InChI=1S/C33H27.C21H23.C2H6Si.2ClH.Zr/c1-33(2,3)26-17-14-23(15-18-26)28-11-6-9-24-20-25(21-32(24)28)29-12-7-13-30-27-10-5-4-8-22(27)16-19-31(29)30;1-14-12-19-15(2)6-11-18(20(19)13-14)16-7-9-17(10-8-16)21(3,4)5;1-3-2;;;/h4-21H,1-3H3;6-13H,1-5H3;1-2H3;2*1H;/q2*-1;;;;+2/p-2. The van der Waals surface area contributed by atoms with Gasteiger partial charge in [0.2, 0.25) is 0 Å². The Bertz CT molecular complexity index is 2890. The Morgan fingerprint density at radius 3 is 1.60 bits per heavy atom. The molecule has 0 spiro atoms. The van der Waals surface area contributed by atoms with Crippen LogP contribution < -0.4 is 24.8 Å². The summed E-state index contributed by atoms with van der Waals surface area (Å²) in [5.41, 5.74) is 13.8. The molecule has 0 bridgehead atoms. The van der Waals surface area contributed by atoms with Gasteiger partial charge in [0.05, 0.1) is 0 Å². The number of halogens is 2. The SMILES string of the molecule is CC(C)(C)c1ccc(-c2cccc3[cH-]c(-c4cccc5c4ccc4ccccc45)cc23)cc1.C[Si](C)=[Zr+2].Cc1cc2c(-c3ccc(C(C)(C)C)cc3)ccc(C)c2[cH-]1.[Cl-].[Cl-]. The van der Waals surface area contributed by atoms with E-state index in [-0.39, 0.29) is 41.1 Å². The van der Waals surface area contributed by atoms with E-state index in [4.69, 9.17) is 0 Å². The number of benzene rings is 7. The third kappa shape index (κ3) is 10.3. The molecule has 0 atom stereocenters. The largest absolute Gasteiger partial charge is 1.00 e. The summed E-state index contributed by atoms with van der Waals surface area (Å²) < 4.78 is 0. The topological polar surface area (TPSA) is 0 Å². The normalized spacial score (nSPS) is 11.3. The summed E-state index contributed by atoms with van der Waals surface area (Å²) in [5, 5.41) is 10.6. The van der Waals surface area contributed by atoms with Crippen LogP contribution in [0, 0.1) is 13.8 Å². The van der Waals surface area contributed by atoms with Gasteiger partial charge in [-0.3, -0.25) is 0 Å². The molecule has 9 aromatic carbocycles. The first-order chi connectivity index (χ1) is 27.6. The fourth-order valence-electron chi connectivity index (χ4n) is 8.07. The monoisotopic (exact) mass is 916 g/mol. The molecule has 0 heterocycles. The second-order valence-corrected chi connectivity index (χ2v) is 27.6. The van der Waals surface area contributed by atoms with Crippen LogP contribution >= 0.6 is 0 Å². The van der Waals surface area contributed by atoms with Crippen LogP contribution in [0.15, 0.2) is 158 Å². The Morgan fingerprint density at radius 2 is 1.00 bits per heavy atom. The van der Waals surface area contributed by atoms with Gasteiger partial charge >= 0.3 is 41.9 Å². The molecule has 0 saturated heterocycles. The van der Waals surface area contributed by atoms with Gasteiger partial charge in [0, 0.05) is 0 Å². The molecule has 0 unspecified atom stereocenters. The zero-order valence-electron chi connectivity index (χ0n) is 36.8. The van der Waals surface area contributed by atoms with Crippen LogP contribution in [-0.4, -0.2) is 5.43 Å². The fourth-order valence-corrected chi connectivity index (χ4v) is 8.07. The predicted molar refractivity (Wildman–Crippen MR) is 255 cm³/mol. The van der Waals surface area contributed by atoms with Crippen LogP contribution in [-0.2, 0) is 34.2 Å². The summed E-state index contributed by atoms with van der Waals surface area (Å²) in [6.45, 7) is 22.5. The van der Waals surface area contributed by atoms with Gasteiger partial charge in [-0.2, -0.15) is 6.07 Å². The maximum Gasteiger partial charge on any atom is -0.0132 e. The van der Waals surface area contributed by atoms with Gasteiger partial charge in [0.25, 0.3) is 0 Å². The Kier molecular flexibility index (Phi) is 15.2. The van der Waals surface area contributed by atoms with Crippen molar-refractivity contribution in [1.29, 1.82) is 0 Å². The maximum atomic E-state index is 2.37. The Morgan fingerprint density at radius 1 is 0.467 bits per heavy atom. The second kappa shape index (κ2) is 19.3. The Balaban J connectivity index is 0.000000219. The van der Waals surface area contributed by atoms with Gasteiger partial charge in [-0.05, 0) is 54.6 Å². The summed E-state index contributed by atoms with van der Waals surface area (Å²) in [6.07, 6.45) is 0. The van der Waals surface area contributed by atoms with E-state index in [1.807, 2.05) is 0 Å². The van der Waals surface area contributed by atoms with Crippen LogP contribution in [0.2, 0.25) is 13.1 Å². The van der Waals surface area contributed by atoms with E-state index in [0.29, 0.717) is 0 Å². The first-order valence-corrected chi connectivity index (χ1v) is 26.8. The van der Waals surface area contributed by atoms with Crippen molar-refractivity contribution in [2.24, 2.45) is 0 Å². The maximum absolute atomic E-state index is 2.37. The van der Waals surface area contributed by atoms with Gasteiger partial charge in [0.15, 0.2) is 0 Å². The zero-order chi connectivity index (χ0) is 41.4. The van der Waals surface area contributed by atoms with E-state index in [0.717, 1.165) is 0 Å². The summed E-state index contributed by atoms with van der Waals surface area (Å²) >= 11 is 1.74. The fraction of sp³-hybridized carbons (Fsp3) is 0.214. The molecule has 4 heteroatoms. The first kappa shape index (κ1) is 47.0. The predicted octanol–water partition coefficient (Wildman–Crippen LogP) is 10.4. The number of hydrogen-bond acceptors (Lipinski definition) is 0. The van der Waals surface area contributed by atoms with Crippen molar-refractivity contribution in [2.45, 2.75) is 79.3 Å². The Labute approximate surface area is 386 Å². The van der Waals surface area contributed by atoms with Crippen molar-refractivity contribution in [3.8, 4) is 33.4 Å². The minimum Gasteiger partial charge on any atom is -1.00 e. The van der Waals surface area contributed by atoms with Crippen molar-refractivity contribution < 1.29 is 48.1 Å². The van der Waals surface area contributed by atoms with Crippen molar-refractivity contribution >= 4 is 48.5 Å². The molecule has 0 aromatic heterocycles. The molecular weight excluding hydrogens is 863 g/mol. The summed E-state index contributed by atoms with van der Waals surface area (Å²) in [4.78, 5) is 0. The second-order valence-electron chi connectivity index (χ2n) is 18.2. The van der Waals surface area contributed by atoms with E-state index in [1.54, 1.807) is 23.3 Å². The molecule has 0 saturated carbocycles. The molecule has 0 radical (unpaired) electrons. The quantitative estimate of drug-likeness (QED) is 0.0941. The van der Waals surface area contributed by atoms with Crippen molar-refractivity contribution in [3.05, 3.63) is 180 Å². The van der Waals surface area contributed by atoms with Crippen LogP contribution in [0.1, 0.15) is 63.8 Å². The van der Waals surface area contributed by atoms with E-state index in [1.165, 1.54) is 98.7 Å². The summed E-state index contributed by atoms with van der Waals surface area (Å²) in [6, 6.07) is 58.4. The molecule has 60 heavy (non-hydrogen) atoms. The van der Waals surface area contributed by atoms with Crippen molar-refractivity contribution in [3.63, 3.8) is 0 Å². The molecular formula is C56H56Cl2SiZr-2. The van der Waals surface area contributed by atoms with Crippen LogP contribution in [0.25, 0.3) is 76.5 Å². The van der Waals surface area contributed by atoms with Crippen molar-refractivity contribution in [2.75, 3.05) is 0 Å². The van der Waals surface area contributed by atoms with Gasteiger partial charge < -0.3 is 24.8 Å². The number of hydrogen-bond donors (Lipinski definition) is 0. The van der Waals surface area contributed by atoms with E-state index in [9.17, 15) is 0 Å². The molecule has 9 aromatic rings. The molecule has 304 valence electrons. The minimum atomic E-state index is 0. The average molecular weight is 919 g/mol. The summed E-state index contributed by atoms with van der Waals surface area (Å²) in [5.74, 6) is 0. The molecule has 0 aliphatic carbocycles. The van der Waals surface area contributed by atoms with E-state index in [2.05, 4.69) is 226 Å². The van der Waals surface area contributed by atoms with Crippen LogP contribution in [0.4, 0.5) is 0 Å². The summed E-state index contributed by atoms with van der Waals surface area (Å²) in [7, 11) is 0. The number of aryl methyl sites for hydroxylation is 2. The molecule has 9 rings (SSSR count). The smallest absolute Gasteiger partial charge is 0.0132 e. The number of fused-ring (bicyclic) bond motifs is 5. The van der Waals surface area contributed by atoms with Crippen molar-refractivity contribution in [1.82, 2.24) is 0 Å². The average Bonchev–Trinajstić information content (AvgIpc) is 3.81. The Hall–Kier alpha value is -4.04. The number of rotatable bonds is 3. The van der Waals surface area contributed by atoms with E-state index < -0.39 is 0 Å². The van der Waals surface area contributed by atoms with Gasteiger partial charge in [-0.25, -0.2) is 0 Å². The zero-order valence-corrected chi connectivity index (χ0v) is 41.7.